The van der Waals surface area contributed by atoms with Gasteiger partial charge < -0.3 is 14.6 Å². The molecule has 6 nitrogen and oxygen atoms in total. The summed E-state index contributed by atoms with van der Waals surface area (Å²) in [6.45, 7) is 1.98. The van der Waals surface area contributed by atoms with Crippen LogP contribution in [0.15, 0.2) is 53.3 Å². The zero-order chi connectivity index (χ0) is 22.4. The molecule has 0 unspecified atom stereocenters. The first-order valence-corrected chi connectivity index (χ1v) is 11.9. The van der Waals surface area contributed by atoms with Gasteiger partial charge in [0.05, 0.1) is 12.7 Å². The van der Waals surface area contributed by atoms with E-state index in [9.17, 15) is 4.79 Å². The van der Waals surface area contributed by atoms with Gasteiger partial charge in [0, 0.05) is 24.3 Å². The fourth-order valence-corrected chi connectivity index (χ4v) is 5.39. The quantitative estimate of drug-likeness (QED) is 0.495. The molecule has 33 heavy (non-hydrogen) atoms. The lowest BCUT2D eigenvalue weighted by Gasteiger charge is -2.28. The third kappa shape index (κ3) is 3.32. The van der Waals surface area contributed by atoms with E-state index in [1.807, 2.05) is 30.3 Å². The standard InChI is InChI=1S/C27H28N4O2/c1-33-20-13-14-21-19(17-20)11-8-12-22-23(21)27(32)31-26(28-22)25(30-15-6-3-7-16-30)24(29-31)18-9-4-2-5-10-18/h2,4-5,9-10,13-14,17,28H,3,6-8,11-12,15-16H2,1H3. The normalized spacial score (nSPS) is 15.7. The summed E-state index contributed by atoms with van der Waals surface area (Å²) in [6.07, 6.45) is 6.32. The summed E-state index contributed by atoms with van der Waals surface area (Å²) in [5.74, 6) is 0.826. The van der Waals surface area contributed by atoms with Crippen LogP contribution in [0.4, 0.5) is 5.69 Å². The van der Waals surface area contributed by atoms with E-state index in [0.29, 0.717) is 0 Å². The lowest BCUT2D eigenvalue weighted by atomic mass is 9.99. The van der Waals surface area contributed by atoms with Crippen molar-refractivity contribution in [3.05, 3.63) is 70.1 Å². The Kier molecular flexibility index (Phi) is 4.93. The molecule has 1 aliphatic heterocycles. The first-order chi connectivity index (χ1) is 16.2. The Bertz CT molecular complexity index is 1380. The molecule has 1 aliphatic carbocycles. The number of ether oxygens (including phenoxy) is 1. The molecule has 2 aromatic heterocycles. The molecular formula is C27H28N4O2. The van der Waals surface area contributed by atoms with E-state index >= 15 is 0 Å². The molecule has 168 valence electrons. The molecular weight excluding hydrogens is 412 g/mol. The zero-order valence-corrected chi connectivity index (χ0v) is 18.9. The van der Waals surface area contributed by atoms with E-state index in [4.69, 9.17) is 9.84 Å². The van der Waals surface area contributed by atoms with Crippen molar-refractivity contribution in [3.8, 4) is 28.1 Å². The monoisotopic (exact) mass is 440 g/mol. The number of H-pyrrole nitrogens is 1. The van der Waals surface area contributed by atoms with Crippen LogP contribution in [0.1, 0.15) is 36.9 Å². The molecule has 0 radical (unpaired) electrons. The van der Waals surface area contributed by atoms with Crippen LogP contribution in [0.3, 0.4) is 0 Å². The summed E-state index contributed by atoms with van der Waals surface area (Å²) in [7, 11) is 1.68. The second-order valence-electron chi connectivity index (χ2n) is 9.03. The Morgan fingerprint density at radius 3 is 2.58 bits per heavy atom. The van der Waals surface area contributed by atoms with E-state index in [0.717, 1.165) is 95.9 Å². The van der Waals surface area contributed by atoms with Gasteiger partial charge in [0.25, 0.3) is 5.56 Å². The van der Waals surface area contributed by atoms with E-state index in [-0.39, 0.29) is 5.56 Å². The van der Waals surface area contributed by atoms with Crippen molar-refractivity contribution in [1.29, 1.82) is 0 Å². The van der Waals surface area contributed by atoms with Gasteiger partial charge in [-0.05, 0) is 61.8 Å². The summed E-state index contributed by atoms with van der Waals surface area (Å²) < 4.78 is 7.04. The number of hydrogen-bond acceptors (Lipinski definition) is 4. The number of methoxy groups -OCH3 is 1. The Labute approximate surface area is 192 Å². The second kappa shape index (κ2) is 8.10. The zero-order valence-electron chi connectivity index (χ0n) is 18.9. The fraction of sp³-hybridized carbons (Fsp3) is 0.333. The molecule has 0 spiro atoms. The van der Waals surface area contributed by atoms with Crippen molar-refractivity contribution < 1.29 is 4.74 Å². The van der Waals surface area contributed by atoms with Crippen molar-refractivity contribution >= 4 is 11.3 Å². The number of hydrogen-bond donors (Lipinski definition) is 1. The molecule has 2 aromatic carbocycles. The van der Waals surface area contributed by atoms with Gasteiger partial charge in [0.15, 0.2) is 5.65 Å². The maximum absolute atomic E-state index is 14.0. The van der Waals surface area contributed by atoms with Gasteiger partial charge in [-0.1, -0.05) is 36.4 Å². The van der Waals surface area contributed by atoms with Gasteiger partial charge in [0.1, 0.15) is 17.1 Å². The molecule has 4 aromatic rings. The first kappa shape index (κ1) is 20.1. The number of nitrogens with one attached hydrogen (secondary N) is 1. The number of aryl methyl sites for hydroxylation is 2. The summed E-state index contributed by atoms with van der Waals surface area (Å²) in [5, 5.41) is 4.91. The van der Waals surface area contributed by atoms with Gasteiger partial charge >= 0.3 is 0 Å². The van der Waals surface area contributed by atoms with Crippen LogP contribution in [-0.2, 0) is 12.8 Å². The van der Waals surface area contributed by atoms with Crippen LogP contribution in [0.5, 0.6) is 5.75 Å². The highest BCUT2D eigenvalue weighted by Crippen LogP contribution is 2.37. The number of fused-ring (bicyclic) bond motifs is 4. The average molecular weight is 441 g/mol. The topological polar surface area (TPSA) is 62.6 Å². The number of benzene rings is 2. The van der Waals surface area contributed by atoms with Gasteiger partial charge in [-0.2, -0.15) is 9.61 Å². The maximum Gasteiger partial charge on any atom is 0.282 e. The molecule has 0 bridgehead atoms. The number of rotatable bonds is 3. The van der Waals surface area contributed by atoms with Crippen LogP contribution in [0.25, 0.3) is 28.0 Å². The Balaban J connectivity index is 1.63. The summed E-state index contributed by atoms with van der Waals surface area (Å²) in [5.41, 5.74) is 7.63. The highest BCUT2D eigenvalue weighted by Gasteiger charge is 2.27. The minimum Gasteiger partial charge on any atom is -0.497 e. The highest BCUT2D eigenvalue weighted by atomic mass is 16.5. The molecule has 1 N–H and O–H groups in total. The highest BCUT2D eigenvalue weighted by molar-refractivity contribution is 5.87. The SMILES string of the molecule is COc1ccc2c(c1)CCCc1[nH]c3c(N4CCCCC4)c(-c4ccccc4)nn3c(=O)c1-2. The molecule has 0 amide bonds. The molecule has 3 heterocycles. The number of anilines is 1. The van der Waals surface area contributed by atoms with Crippen LogP contribution < -0.4 is 15.2 Å². The van der Waals surface area contributed by atoms with Gasteiger partial charge in [0.2, 0.25) is 0 Å². The van der Waals surface area contributed by atoms with Crippen molar-refractivity contribution in [2.24, 2.45) is 0 Å². The van der Waals surface area contributed by atoms with E-state index in [2.05, 4.69) is 28.1 Å². The molecule has 1 fully saturated rings. The molecule has 0 atom stereocenters. The van der Waals surface area contributed by atoms with Crippen molar-refractivity contribution in [1.82, 2.24) is 14.6 Å². The third-order valence-corrected chi connectivity index (χ3v) is 7.01. The first-order valence-electron chi connectivity index (χ1n) is 11.9. The number of aromatic amines is 1. The van der Waals surface area contributed by atoms with Gasteiger partial charge in [-0.3, -0.25) is 4.79 Å². The maximum atomic E-state index is 14.0. The molecule has 1 saturated heterocycles. The largest absolute Gasteiger partial charge is 0.497 e. The van der Waals surface area contributed by atoms with Crippen molar-refractivity contribution in [2.45, 2.75) is 38.5 Å². The third-order valence-electron chi connectivity index (χ3n) is 7.01. The summed E-state index contributed by atoms with van der Waals surface area (Å²) in [4.78, 5) is 20.0. The number of nitrogens with zero attached hydrogens (tertiary/aromatic N) is 3. The lowest BCUT2D eigenvalue weighted by Crippen LogP contribution is -2.30. The van der Waals surface area contributed by atoms with E-state index in [1.54, 1.807) is 11.6 Å². The van der Waals surface area contributed by atoms with Gasteiger partial charge in [-0.15, -0.1) is 0 Å². The van der Waals surface area contributed by atoms with Crippen LogP contribution >= 0.6 is 0 Å². The molecule has 6 heteroatoms. The average Bonchev–Trinajstić information content (AvgIpc) is 3.15. The van der Waals surface area contributed by atoms with Gasteiger partial charge in [-0.25, -0.2) is 0 Å². The van der Waals surface area contributed by atoms with Crippen LogP contribution in [0, 0.1) is 0 Å². The Morgan fingerprint density at radius 2 is 1.79 bits per heavy atom. The predicted molar refractivity (Wildman–Crippen MR) is 131 cm³/mol. The van der Waals surface area contributed by atoms with Crippen molar-refractivity contribution in [3.63, 3.8) is 0 Å². The molecule has 2 aliphatic rings. The summed E-state index contributed by atoms with van der Waals surface area (Å²) >= 11 is 0. The lowest BCUT2D eigenvalue weighted by molar-refractivity contribution is 0.414. The predicted octanol–water partition coefficient (Wildman–Crippen LogP) is 4.84. The van der Waals surface area contributed by atoms with Crippen molar-refractivity contribution in [2.75, 3.05) is 25.1 Å². The smallest absolute Gasteiger partial charge is 0.282 e. The van der Waals surface area contributed by atoms with E-state index in [1.165, 1.54) is 6.42 Å². The number of aromatic nitrogens is 3. The van der Waals surface area contributed by atoms with E-state index < -0.39 is 0 Å². The molecule has 0 saturated carbocycles. The second-order valence-corrected chi connectivity index (χ2v) is 9.03. The fourth-order valence-electron chi connectivity index (χ4n) is 5.39. The Morgan fingerprint density at radius 1 is 0.970 bits per heavy atom. The molecule has 6 rings (SSSR count). The van der Waals surface area contributed by atoms with Crippen LogP contribution in [0.2, 0.25) is 0 Å². The summed E-state index contributed by atoms with van der Waals surface area (Å²) in [6, 6.07) is 16.2. The number of piperidine rings is 1. The minimum atomic E-state index is -0.0486. The Hall–Kier alpha value is -3.54. The minimum absolute atomic E-state index is 0.0486. The van der Waals surface area contributed by atoms with Crippen LogP contribution in [-0.4, -0.2) is 34.8 Å².